The highest BCUT2D eigenvalue weighted by Gasteiger charge is 2.23. The first-order chi connectivity index (χ1) is 14.3. The summed E-state index contributed by atoms with van der Waals surface area (Å²) < 4.78 is 18.6. The predicted molar refractivity (Wildman–Crippen MR) is 111 cm³/mol. The van der Waals surface area contributed by atoms with Crippen molar-refractivity contribution in [2.75, 3.05) is 38.0 Å². The largest absolute Gasteiger partial charge is 0.454 e. The van der Waals surface area contributed by atoms with Crippen LogP contribution in [0.5, 0.6) is 11.5 Å². The fraction of sp³-hybridized carbons (Fsp3) is 0.333. The Labute approximate surface area is 173 Å². The second kappa shape index (κ2) is 7.96. The Morgan fingerprint density at radius 2 is 1.83 bits per heavy atom. The number of ether oxygens (including phenoxy) is 3. The van der Waals surface area contributed by atoms with Gasteiger partial charge in [-0.05, 0) is 36.2 Å². The van der Waals surface area contributed by atoms with E-state index in [0.29, 0.717) is 13.2 Å². The molecule has 0 N–H and O–H groups in total. The smallest absolute Gasteiger partial charge is 0.232 e. The lowest BCUT2D eigenvalue weighted by Gasteiger charge is -2.28. The zero-order valence-corrected chi connectivity index (χ0v) is 17.0. The second-order valence-corrected chi connectivity index (χ2v) is 7.92. The molecule has 3 heterocycles. The number of morpholine rings is 1. The zero-order chi connectivity index (χ0) is 19.6. The van der Waals surface area contributed by atoms with Gasteiger partial charge in [0.2, 0.25) is 12.7 Å². The van der Waals surface area contributed by atoms with E-state index < -0.39 is 0 Å². The number of aryl methyl sites for hydroxylation is 1. The molecule has 2 aromatic carbocycles. The summed E-state index contributed by atoms with van der Waals surface area (Å²) in [5.74, 6) is 3.24. The molecule has 7 nitrogen and oxygen atoms in total. The molecule has 0 aliphatic carbocycles. The van der Waals surface area contributed by atoms with E-state index in [4.69, 9.17) is 14.2 Å². The van der Waals surface area contributed by atoms with Gasteiger partial charge in [0.25, 0.3) is 0 Å². The van der Waals surface area contributed by atoms with Crippen molar-refractivity contribution in [3.8, 4) is 17.2 Å². The van der Waals surface area contributed by atoms with Gasteiger partial charge in [-0.15, -0.1) is 10.2 Å². The highest BCUT2D eigenvalue weighted by Crippen LogP contribution is 2.35. The standard InChI is InChI=1S/C21H22N4O3S/c1-15-4-2-3-5-17(15)25-20(24-8-10-26-11-9-24)22-23-21(25)29-13-16-6-7-18-19(12-16)28-14-27-18/h2-7,12H,8-11,13-14H2,1H3. The van der Waals surface area contributed by atoms with Crippen LogP contribution < -0.4 is 14.4 Å². The number of benzene rings is 2. The van der Waals surface area contributed by atoms with Crippen LogP contribution in [0.4, 0.5) is 5.95 Å². The van der Waals surface area contributed by atoms with Crippen LogP contribution in [0.15, 0.2) is 47.6 Å². The normalized spacial score (nSPS) is 15.7. The van der Waals surface area contributed by atoms with E-state index in [2.05, 4.69) is 56.9 Å². The minimum atomic E-state index is 0.288. The first kappa shape index (κ1) is 18.3. The third-order valence-corrected chi connectivity index (χ3v) is 6.07. The highest BCUT2D eigenvalue weighted by molar-refractivity contribution is 7.98. The van der Waals surface area contributed by atoms with Crippen LogP contribution in [0.2, 0.25) is 0 Å². The minimum absolute atomic E-state index is 0.288. The molecule has 150 valence electrons. The van der Waals surface area contributed by atoms with E-state index in [0.717, 1.165) is 52.7 Å². The molecule has 8 heteroatoms. The number of para-hydroxylation sites is 1. The first-order valence-corrected chi connectivity index (χ1v) is 10.6. The summed E-state index contributed by atoms with van der Waals surface area (Å²) in [6.07, 6.45) is 0. The molecule has 0 atom stereocenters. The number of hydrogen-bond donors (Lipinski definition) is 0. The molecule has 1 aromatic heterocycles. The van der Waals surface area contributed by atoms with Crippen molar-refractivity contribution in [2.45, 2.75) is 17.8 Å². The number of thioether (sulfide) groups is 1. The van der Waals surface area contributed by atoms with Crippen molar-refractivity contribution >= 4 is 17.7 Å². The van der Waals surface area contributed by atoms with Gasteiger partial charge in [0.15, 0.2) is 16.7 Å². The lowest BCUT2D eigenvalue weighted by Crippen LogP contribution is -2.38. The lowest BCUT2D eigenvalue weighted by atomic mass is 10.2. The highest BCUT2D eigenvalue weighted by atomic mass is 32.2. The molecule has 0 unspecified atom stereocenters. The molecule has 0 radical (unpaired) electrons. The maximum Gasteiger partial charge on any atom is 0.232 e. The Morgan fingerprint density at radius 1 is 1.00 bits per heavy atom. The third kappa shape index (κ3) is 3.65. The Kier molecular flexibility index (Phi) is 5.03. The van der Waals surface area contributed by atoms with Gasteiger partial charge in [0.05, 0.1) is 18.9 Å². The van der Waals surface area contributed by atoms with E-state index >= 15 is 0 Å². The van der Waals surface area contributed by atoms with Crippen molar-refractivity contribution in [1.82, 2.24) is 14.8 Å². The second-order valence-electron chi connectivity index (χ2n) is 6.98. The number of rotatable bonds is 5. The van der Waals surface area contributed by atoms with Gasteiger partial charge in [0.1, 0.15) is 0 Å². The van der Waals surface area contributed by atoms with Crippen LogP contribution in [0.3, 0.4) is 0 Å². The molecule has 0 spiro atoms. The summed E-state index contributed by atoms with van der Waals surface area (Å²) in [7, 11) is 0. The Bertz CT molecular complexity index is 1020. The quantitative estimate of drug-likeness (QED) is 0.597. The lowest BCUT2D eigenvalue weighted by molar-refractivity contribution is 0.122. The average molecular weight is 410 g/mol. The van der Waals surface area contributed by atoms with Gasteiger partial charge in [0, 0.05) is 18.8 Å². The fourth-order valence-corrected chi connectivity index (χ4v) is 4.41. The van der Waals surface area contributed by atoms with E-state index in [1.807, 2.05) is 12.1 Å². The van der Waals surface area contributed by atoms with Crippen LogP contribution in [0, 0.1) is 6.92 Å². The van der Waals surface area contributed by atoms with E-state index in [-0.39, 0.29) is 6.79 Å². The number of fused-ring (bicyclic) bond motifs is 1. The van der Waals surface area contributed by atoms with Gasteiger partial charge in [-0.3, -0.25) is 4.57 Å². The Morgan fingerprint density at radius 3 is 2.69 bits per heavy atom. The Balaban J connectivity index is 1.46. The third-order valence-electron chi connectivity index (χ3n) is 5.07. The summed E-state index contributed by atoms with van der Waals surface area (Å²) in [4.78, 5) is 2.24. The molecule has 0 saturated carbocycles. The van der Waals surface area contributed by atoms with Crippen molar-refractivity contribution < 1.29 is 14.2 Å². The maximum atomic E-state index is 5.51. The molecule has 1 saturated heterocycles. The minimum Gasteiger partial charge on any atom is -0.454 e. The topological polar surface area (TPSA) is 61.6 Å². The van der Waals surface area contributed by atoms with Crippen molar-refractivity contribution in [1.29, 1.82) is 0 Å². The summed E-state index contributed by atoms with van der Waals surface area (Å²) in [6.45, 7) is 5.45. The van der Waals surface area contributed by atoms with Crippen LogP contribution in [-0.2, 0) is 10.5 Å². The van der Waals surface area contributed by atoms with Crippen LogP contribution >= 0.6 is 11.8 Å². The molecule has 5 rings (SSSR count). The molecule has 2 aliphatic heterocycles. The molecular weight excluding hydrogens is 388 g/mol. The first-order valence-electron chi connectivity index (χ1n) is 9.65. The van der Waals surface area contributed by atoms with E-state index in [9.17, 15) is 0 Å². The molecule has 1 fully saturated rings. The number of anilines is 1. The number of aromatic nitrogens is 3. The average Bonchev–Trinajstić information content (AvgIpc) is 3.40. The van der Waals surface area contributed by atoms with Gasteiger partial charge in [-0.1, -0.05) is 36.0 Å². The van der Waals surface area contributed by atoms with Crippen molar-refractivity contribution in [2.24, 2.45) is 0 Å². The van der Waals surface area contributed by atoms with Crippen molar-refractivity contribution in [3.63, 3.8) is 0 Å². The van der Waals surface area contributed by atoms with Crippen LogP contribution in [-0.4, -0.2) is 47.9 Å². The molecule has 29 heavy (non-hydrogen) atoms. The fourth-order valence-electron chi connectivity index (χ4n) is 3.53. The molecule has 2 aliphatic rings. The summed E-state index contributed by atoms with van der Waals surface area (Å²) in [5, 5.41) is 9.95. The molecular formula is C21H22N4O3S. The zero-order valence-electron chi connectivity index (χ0n) is 16.2. The number of hydrogen-bond acceptors (Lipinski definition) is 7. The van der Waals surface area contributed by atoms with Crippen LogP contribution in [0.25, 0.3) is 5.69 Å². The summed E-state index contributed by atoms with van der Waals surface area (Å²) >= 11 is 1.67. The van der Waals surface area contributed by atoms with Gasteiger partial charge in [-0.25, -0.2) is 0 Å². The van der Waals surface area contributed by atoms with Gasteiger partial charge >= 0.3 is 0 Å². The molecule has 0 amide bonds. The van der Waals surface area contributed by atoms with Gasteiger partial charge in [-0.2, -0.15) is 0 Å². The van der Waals surface area contributed by atoms with Crippen LogP contribution in [0.1, 0.15) is 11.1 Å². The molecule has 3 aromatic rings. The van der Waals surface area contributed by atoms with E-state index in [1.165, 1.54) is 5.56 Å². The monoisotopic (exact) mass is 410 g/mol. The summed E-state index contributed by atoms with van der Waals surface area (Å²) in [6, 6.07) is 14.4. The summed E-state index contributed by atoms with van der Waals surface area (Å²) in [5.41, 5.74) is 3.45. The van der Waals surface area contributed by atoms with E-state index in [1.54, 1.807) is 11.8 Å². The molecule has 0 bridgehead atoms. The van der Waals surface area contributed by atoms with Gasteiger partial charge < -0.3 is 19.1 Å². The van der Waals surface area contributed by atoms with Crippen molar-refractivity contribution in [3.05, 3.63) is 53.6 Å². The maximum absolute atomic E-state index is 5.51. The number of nitrogens with zero attached hydrogens (tertiary/aromatic N) is 4. The Hall–Kier alpha value is -2.71. The predicted octanol–water partition coefficient (Wildman–Crippen LogP) is 3.43. The SMILES string of the molecule is Cc1ccccc1-n1c(SCc2ccc3c(c2)OCO3)nnc1N1CCOCC1.